The molecule has 8 heteroatoms. The summed E-state index contributed by atoms with van der Waals surface area (Å²) in [6.07, 6.45) is 4.87. The van der Waals surface area contributed by atoms with Gasteiger partial charge in [0.1, 0.15) is 5.82 Å². The fraction of sp³-hybridized carbons (Fsp3) is 0.273. The van der Waals surface area contributed by atoms with Gasteiger partial charge < -0.3 is 15.6 Å². The zero-order valence-electron chi connectivity index (χ0n) is 16.3. The van der Waals surface area contributed by atoms with Crippen LogP contribution < -0.4 is 11.1 Å². The number of hydrogen-bond acceptors (Lipinski definition) is 3. The van der Waals surface area contributed by atoms with Gasteiger partial charge in [-0.2, -0.15) is 0 Å². The van der Waals surface area contributed by atoms with Crippen molar-refractivity contribution in [2.45, 2.75) is 37.4 Å². The molecule has 0 saturated heterocycles. The molecule has 1 heterocycles. The molecule has 0 aliphatic heterocycles. The van der Waals surface area contributed by atoms with Crippen LogP contribution >= 0.6 is 24.8 Å². The van der Waals surface area contributed by atoms with Crippen molar-refractivity contribution < 1.29 is 9.18 Å². The van der Waals surface area contributed by atoms with E-state index in [4.69, 9.17) is 5.73 Å². The number of nitrogens with two attached hydrogens (primary N) is 1. The SMILES string of the molecule is Cl.Cl.N[C@@H](Cc1cn(Cc2ccccc2)cn1)C(=O)NC1CC1c1cccc(F)c1. The van der Waals surface area contributed by atoms with Crippen molar-refractivity contribution in [1.82, 2.24) is 14.9 Å². The number of rotatable bonds is 7. The highest BCUT2D eigenvalue weighted by atomic mass is 35.5. The van der Waals surface area contributed by atoms with Gasteiger partial charge in [-0.05, 0) is 29.7 Å². The molecule has 4 rings (SSSR count). The van der Waals surface area contributed by atoms with Gasteiger partial charge in [0, 0.05) is 31.1 Å². The summed E-state index contributed by atoms with van der Waals surface area (Å²) < 4.78 is 15.3. The Kier molecular flexibility index (Phi) is 8.41. The fourth-order valence-electron chi connectivity index (χ4n) is 3.46. The minimum Gasteiger partial charge on any atom is -0.351 e. The van der Waals surface area contributed by atoms with Gasteiger partial charge in [0.15, 0.2) is 0 Å². The molecule has 1 saturated carbocycles. The molecule has 30 heavy (non-hydrogen) atoms. The van der Waals surface area contributed by atoms with E-state index in [-0.39, 0.29) is 48.5 Å². The van der Waals surface area contributed by atoms with Crippen molar-refractivity contribution in [2.24, 2.45) is 5.73 Å². The summed E-state index contributed by atoms with van der Waals surface area (Å²) in [4.78, 5) is 16.8. The van der Waals surface area contributed by atoms with Gasteiger partial charge in [0.25, 0.3) is 0 Å². The predicted molar refractivity (Wildman–Crippen MR) is 120 cm³/mol. The number of carbonyl (C=O) groups excluding carboxylic acids is 1. The van der Waals surface area contributed by atoms with Crippen molar-refractivity contribution in [1.29, 1.82) is 0 Å². The summed E-state index contributed by atoms with van der Waals surface area (Å²) in [5.74, 6) is -0.282. The molecule has 0 radical (unpaired) electrons. The van der Waals surface area contributed by atoms with Crippen molar-refractivity contribution in [2.75, 3.05) is 0 Å². The summed E-state index contributed by atoms with van der Waals surface area (Å²) in [6, 6.07) is 16.0. The molecule has 1 aliphatic carbocycles. The number of amides is 1. The van der Waals surface area contributed by atoms with Gasteiger partial charge in [0.05, 0.1) is 18.1 Å². The lowest BCUT2D eigenvalue weighted by atomic mass is 10.1. The first-order valence-corrected chi connectivity index (χ1v) is 9.44. The lowest BCUT2D eigenvalue weighted by Gasteiger charge is -2.11. The monoisotopic (exact) mass is 450 g/mol. The molecule has 1 fully saturated rings. The van der Waals surface area contributed by atoms with Crippen LogP contribution in [0.5, 0.6) is 0 Å². The molecule has 2 unspecified atom stereocenters. The highest BCUT2D eigenvalue weighted by molar-refractivity contribution is 5.85. The number of imidazole rings is 1. The number of benzene rings is 2. The molecule has 2 aromatic carbocycles. The molecule has 1 aliphatic rings. The Morgan fingerprint density at radius 1 is 1.20 bits per heavy atom. The Bertz CT molecular complexity index is 967. The van der Waals surface area contributed by atoms with Crippen LogP contribution in [-0.2, 0) is 17.8 Å². The maximum atomic E-state index is 13.3. The van der Waals surface area contributed by atoms with E-state index in [0.29, 0.717) is 6.42 Å². The summed E-state index contributed by atoms with van der Waals surface area (Å²) >= 11 is 0. The number of halogens is 3. The van der Waals surface area contributed by atoms with Gasteiger partial charge in [-0.15, -0.1) is 24.8 Å². The number of nitrogens with zero attached hydrogens (tertiary/aromatic N) is 2. The van der Waals surface area contributed by atoms with Crippen LogP contribution in [0, 0.1) is 5.82 Å². The lowest BCUT2D eigenvalue weighted by molar-refractivity contribution is -0.122. The molecular formula is C22H25Cl2FN4O. The predicted octanol–water partition coefficient (Wildman–Crippen LogP) is 3.46. The fourth-order valence-corrected chi connectivity index (χ4v) is 3.46. The average Bonchev–Trinajstić information content (AvgIpc) is 3.32. The standard InChI is InChI=1S/C22H23FN4O.2ClH/c23-17-8-4-7-16(9-17)19-11-21(19)26-22(28)20(24)10-18-13-27(14-25-18)12-15-5-2-1-3-6-15;;/h1-9,13-14,19-21H,10-12,24H2,(H,26,28);2*1H/t19?,20-,21?;;/m0../s1. The van der Waals surface area contributed by atoms with Crippen LogP contribution in [0.1, 0.15) is 29.2 Å². The Morgan fingerprint density at radius 3 is 2.70 bits per heavy atom. The Balaban J connectivity index is 0.00000160. The first-order chi connectivity index (χ1) is 13.6. The molecule has 0 bridgehead atoms. The van der Waals surface area contributed by atoms with Gasteiger partial charge >= 0.3 is 0 Å². The van der Waals surface area contributed by atoms with E-state index in [1.165, 1.54) is 17.7 Å². The summed E-state index contributed by atoms with van der Waals surface area (Å²) in [5.41, 5.74) is 8.96. The molecular weight excluding hydrogens is 426 g/mol. The van der Waals surface area contributed by atoms with Gasteiger partial charge in [-0.1, -0.05) is 42.5 Å². The van der Waals surface area contributed by atoms with Gasteiger partial charge in [-0.25, -0.2) is 9.37 Å². The van der Waals surface area contributed by atoms with Crippen LogP contribution in [-0.4, -0.2) is 27.5 Å². The maximum absolute atomic E-state index is 13.3. The highest BCUT2D eigenvalue weighted by Crippen LogP contribution is 2.40. The molecule has 3 aromatic rings. The first-order valence-electron chi connectivity index (χ1n) is 9.44. The van der Waals surface area contributed by atoms with Crippen LogP contribution in [0.2, 0.25) is 0 Å². The van der Waals surface area contributed by atoms with E-state index < -0.39 is 6.04 Å². The third-order valence-corrected chi connectivity index (χ3v) is 5.06. The maximum Gasteiger partial charge on any atom is 0.237 e. The molecule has 5 nitrogen and oxygen atoms in total. The Morgan fingerprint density at radius 2 is 1.97 bits per heavy atom. The smallest absolute Gasteiger partial charge is 0.237 e. The number of hydrogen-bond donors (Lipinski definition) is 2. The van der Waals surface area contributed by atoms with Crippen LogP contribution in [0.25, 0.3) is 0 Å². The molecule has 160 valence electrons. The first kappa shape index (κ1) is 23.9. The quantitative estimate of drug-likeness (QED) is 0.578. The topological polar surface area (TPSA) is 72.9 Å². The summed E-state index contributed by atoms with van der Waals surface area (Å²) in [5, 5.41) is 2.97. The van der Waals surface area contributed by atoms with Crippen molar-refractivity contribution in [3.05, 3.63) is 89.8 Å². The van der Waals surface area contributed by atoms with Gasteiger partial charge in [-0.3, -0.25) is 4.79 Å². The van der Waals surface area contributed by atoms with E-state index in [1.807, 2.05) is 35.0 Å². The third-order valence-electron chi connectivity index (χ3n) is 5.06. The largest absolute Gasteiger partial charge is 0.351 e. The normalized spacial score (nSPS) is 17.9. The zero-order valence-corrected chi connectivity index (χ0v) is 17.9. The molecule has 0 spiro atoms. The minimum absolute atomic E-state index is 0. The zero-order chi connectivity index (χ0) is 19.5. The lowest BCUT2D eigenvalue weighted by Crippen LogP contribution is -2.43. The average molecular weight is 451 g/mol. The van der Waals surface area contributed by atoms with E-state index in [0.717, 1.165) is 24.2 Å². The van der Waals surface area contributed by atoms with Crippen LogP contribution in [0.4, 0.5) is 4.39 Å². The van der Waals surface area contributed by atoms with Crippen LogP contribution in [0.15, 0.2) is 67.1 Å². The van der Waals surface area contributed by atoms with E-state index in [2.05, 4.69) is 22.4 Å². The van der Waals surface area contributed by atoms with Crippen molar-refractivity contribution in [3.8, 4) is 0 Å². The molecule has 1 aromatic heterocycles. The Hall–Kier alpha value is -2.41. The molecule has 3 atom stereocenters. The van der Waals surface area contributed by atoms with Crippen molar-refractivity contribution >= 4 is 30.7 Å². The second kappa shape index (κ2) is 10.6. The number of aromatic nitrogens is 2. The number of carbonyl (C=O) groups is 1. The second-order valence-corrected chi connectivity index (χ2v) is 7.35. The van der Waals surface area contributed by atoms with E-state index >= 15 is 0 Å². The summed E-state index contributed by atoms with van der Waals surface area (Å²) in [6.45, 7) is 0.729. The Labute approximate surface area is 187 Å². The summed E-state index contributed by atoms with van der Waals surface area (Å²) in [7, 11) is 0. The molecule has 1 amide bonds. The minimum atomic E-state index is -0.658. The van der Waals surface area contributed by atoms with Crippen LogP contribution in [0.3, 0.4) is 0 Å². The number of nitrogens with one attached hydrogen (secondary N) is 1. The highest BCUT2D eigenvalue weighted by Gasteiger charge is 2.40. The van der Waals surface area contributed by atoms with Crippen molar-refractivity contribution in [3.63, 3.8) is 0 Å². The van der Waals surface area contributed by atoms with Gasteiger partial charge in [0.2, 0.25) is 5.91 Å². The third kappa shape index (κ3) is 6.05. The van der Waals surface area contributed by atoms with E-state index in [9.17, 15) is 9.18 Å². The molecule has 3 N–H and O–H groups in total. The van der Waals surface area contributed by atoms with E-state index in [1.54, 1.807) is 12.4 Å². The second-order valence-electron chi connectivity index (χ2n) is 7.35.